The van der Waals surface area contributed by atoms with E-state index >= 15 is 0 Å². The second-order valence-electron chi connectivity index (χ2n) is 3.16. The van der Waals surface area contributed by atoms with E-state index in [9.17, 15) is 8.78 Å². The van der Waals surface area contributed by atoms with Crippen molar-refractivity contribution in [1.29, 1.82) is 0 Å². The van der Waals surface area contributed by atoms with Crippen molar-refractivity contribution >= 4 is 11.8 Å². The molecule has 1 heterocycles. The fourth-order valence-corrected chi connectivity index (χ4v) is 2.06. The average Bonchev–Trinajstić information content (AvgIpc) is 2.29. The molecule has 1 nitrogen and oxygen atoms in total. The number of benzene rings is 1. The number of rotatable bonds is 2. The fourth-order valence-electron chi connectivity index (χ4n) is 1.50. The molecule has 0 saturated heterocycles. The van der Waals surface area contributed by atoms with Crippen LogP contribution in [0.2, 0.25) is 0 Å². The summed E-state index contributed by atoms with van der Waals surface area (Å²) in [5, 5.41) is 0.617. The van der Waals surface area contributed by atoms with Crippen LogP contribution in [-0.4, -0.2) is 11.2 Å². The number of nitrogens with zero attached hydrogens (tertiary/aromatic N) is 1. The molecule has 0 aliphatic rings. The normalized spacial score (nSPS) is 10.4. The molecule has 1 aromatic carbocycles. The molecule has 0 spiro atoms. The summed E-state index contributed by atoms with van der Waals surface area (Å²) in [7, 11) is 0. The highest BCUT2D eigenvalue weighted by Gasteiger charge is 2.14. The van der Waals surface area contributed by atoms with Crippen LogP contribution in [0.4, 0.5) is 8.78 Å². The van der Waals surface area contributed by atoms with Gasteiger partial charge in [0.25, 0.3) is 0 Å². The van der Waals surface area contributed by atoms with E-state index in [4.69, 9.17) is 0 Å². The Hall–Kier alpha value is -1.42. The number of pyridine rings is 1. The van der Waals surface area contributed by atoms with Gasteiger partial charge in [-0.1, -0.05) is 6.07 Å². The lowest BCUT2D eigenvalue weighted by Crippen LogP contribution is -1.92. The zero-order chi connectivity index (χ0) is 11.5. The van der Waals surface area contributed by atoms with Gasteiger partial charge in [-0.3, -0.25) is 0 Å². The van der Waals surface area contributed by atoms with Crippen molar-refractivity contribution < 1.29 is 8.78 Å². The van der Waals surface area contributed by atoms with Gasteiger partial charge in [-0.2, -0.15) is 0 Å². The molecular weight excluding hydrogens is 228 g/mol. The fraction of sp³-hybridized carbons (Fsp3) is 0.0833. The van der Waals surface area contributed by atoms with Crippen molar-refractivity contribution in [2.24, 2.45) is 0 Å². The van der Waals surface area contributed by atoms with Crippen molar-refractivity contribution in [3.63, 3.8) is 0 Å². The lowest BCUT2D eigenvalue weighted by atomic mass is 10.1. The number of halogens is 2. The van der Waals surface area contributed by atoms with Gasteiger partial charge in [0.15, 0.2) is 0 Å². The van der Waals surface area contributed by atoms with E-state index in [0.717, 1.165) is 0 Å². The molecule has 0 saturated carbocycles. The number of thioether (sulfide) groups is 1. The molecule has 0 amide bonds. The van der Waals surface area contributed by atoms with Crippen molar-refractivity contribution in [2.75, 3.05) is 6.26 Å². The first-order valence-corrected chi connectivity index (χ1v) is 5.90. The van der Waals surface area contributed by atoms with Crippen molar-refractivity contribution in [1.82, 2.24) is 4.98 Å². The Bertz CT molecular complexity index is 494. The first-order chi connectivity index (χ1) is 7.74. The highest BCUT2D eigenvalue weighted by Crippen LogP contribution is 2.31. The van der Waals surface area contributed by atoms with Gasteiger partial charge in [-0.15, -0.1) is 11.8 Å². The van der Waals surface area contributed by atoms with E-state index in [1.165, 1.54) is 30.0 Å². The molecule has 0 atom stereocenters. The minimum absolute atomic E-state index is 0.0139. The largest absolute Gasteiger partial charge is 0.249 e. The molecular formula is C12H9F2NS. The van der Waals surface area contributed by atoms with Crippen LogP contribution in [0.15, 0.2) is 41.6 Å². The van der Waals surface area contributed by atoms with Crippen LogP contribution in [0.3, 0.4) is 0 Å². The van der Waals surface area contributed by atoms with Gasteiger partial charge >= 0.3 is 0 Å². The van der Waals surface area contributed by atoms with E-state index in [0.29, 0.717) is 10.6 Å². The molecule has 0 aliphatic heterocycles. The monoisotopic (exact) mass is 237 g/mol. The highest BCUT2D eigenvalue weighted by molar-refractivity contribution is 7.98. The maximum absolute atomic E-state index is 13.6. The summed E-state index contributed by atoms with van der Waals surface area (Å²) < 4.78 is 27.2. The molecule has 0 N–H and O–H groups in total. The molecule has 1 aromatic heterocycles. The molecule has 4 heteroatoms. The lowest BCUT2D eigenvalue weighted by Gasteiger charge is -2.08. The molecule has 0 fully saturated rings. The van der Waals surface area contributed by atoms with E-state index in [2.05, 4.69) is 4.98 Å². The molecule has 0 radical (unpaired) electrons. The molecule has 0 unspecified atom stereocenters. The Morgan fingerprint density at radius 1 is 1.06 bits per heavy atom. The van der Waals surface area contributed by atoms with E-state index < -0.39 is 11.6 Å². The second-order valence-corrected chi connectivity index (χ2v) is 3.95. The maximum atomic E-state index is 13.6. The molecule has 82 valence electrons. The minimum Gasteiger partial charge on any atom is -0.249 e. The number of hydrogen-bond acceptors (Lipinski definition) is 2. The number of hydrogen-bond donors (Lipinski definition) is 0. The van der Waals surface area contributed by atoms with Gasteiger partial charge in [0.2, 0.25) is 0 Å². The van der Waals surface area contributed by atoms with Gasteiger partial charge in [0, 0.05) is 11.8 Å². The van der Waals surface area contributed by atoms with Crippen LogP contribution in [0.1, 0.15) is 0 Å². The van der Waals surface area contributed by atoms with Crippen molar-refractivity contribution in [3.05, 3.63) is 48.2 Å². The zero-order valence-corrected chi connectivity index (χ0v) is 9.39. The minimum atomic E-state index is -0.566. The molecule has 0 bridgehead atoms. The molecule has 2 rings (SSSR count). The summed E-state index contributed by atoms with van der Waals surface area (Å²) in [5.74, 6) is -1.13. The number of aromatic nitrogens is 1. The lowest BCUT2D eigenvalue weighted by molar-refractivity contribution is 0.589. The Balaban J connectivity index is 2.67. The Morgan fingerprint density at radius 2 is 1.75 bits per heavy atom. The Labute approximate surface area is 96.5 Å². The van der Waals surface area contributed by atoms with Crippen LogP contribution in [0.25, 0.3) is 11.1 Å². The molecule has 16 heavy (non-hydrogen) atoms. The maximum Gasteiger partial charge on any atom is 0.134 e. The third kappa shape index (κ3) is 1.93. The predicted octanol–water partition coefficient (Wildman–Crippen LogP) is 3.75. The zero-order valence-electron chi connectivity index (χ0n) is 8.58. The Kier molecular flexibility index (Phi) is 3.19. The van der Waals surface area contributed by atoms with E-state index in [-0.39, 0.29) is 5.56 Å². The van der Waals surface area contributed by atoms with Gasteiger partial charge in [0.05, 0.1) is 5.56 Å². The second kappa shape index (κ2) is 4.61. The summed E-state index contributed by atoms with van der Waals surface area (Å²) >= 11 is 1.36. The van der Waals surface area contributed by atoms with E-state index in [1.54, 1.807) is 18.3 Å². The summed E-state index contributed by atoms with van der Waals surface area (Å²) in [6.45, 7) is 0. The van der Waals surface area contributed by atoms with Gasteiger partial charge in [-0.05, 0) is 30.5 Å². The van der Waals surface area contributed by atoms with E-state index in [1.807, 2.05) is 6.26 Å². The average molecular weight is 237 g/mol. The van der Waals surface area contributed by atoms with Gasteiger partial charge in [0.1, 0.15) is 16.7 Å². The summed E-state index contributed by atoms with van der Waals surface area (Å²) in [4.78, 5) is 4.09. The summed E-state index contributed by atoms with van der Waals surface area (Å²) in [6.07, 6.45) is 3.43. The highest BCUT2D eigenvalue weighted by atomic mass is 32.2. The summed E-state index contributed by atoms with van der Waals surface area (Å²) in [6, 6.07) is 7.18. The van der Waals surface area contributed by atoms with Crippen LogP contribution in [-0.2, 0) is 0 Å². The SMILES string of the molecule is CSc1ncccc1-c1c(F)cccc1F. The third-order valence-electron chi connectivity index (χ3n) is 2.20. The van der Waals surface area contributed by atoms with Crippen molar-refractivity contribution in [3.8, 4) is 11.1 Å². The van der Waals surface area contributed by atoms with Crippen LogP contribution in [0, 0.1) is 11.6 Å². The third-order valence-corrected chi connectivity index (χ3v) is 2.91. The van der Waals surface area contributed by atoms with Crippen molar-refractivity contribution in [2.45, 2.75) is 5.03 Å². The quantitative estimate of drug-likeness (QED) is 0.738. The summed E-state index contributed by atoms with van der Waals surface area (Å²) in [5.41, 5.74) is 0.477. The first kappa shape index (κ1) is 11.1. The Morgan fingerprint density at radius 3 is 2.38 bits per heavy atom. The van der Waals surface area contributed by atoms with Gasteiger partial charge < -0.3 is 0 Å². The van der Waals surface area contributed by atoms with Gasteiger partial charge in [-0.25, -0.2) is 13.8 Å². The topological polar surface area (TPSA) is 12.9 Å². The molecule has 0 aliphatic carbocycles. The standard InChI is InChI=1S/C12H9F2NS/c1-16-12-8(4-3-7-15-12)11-9(13)5-2-6-10(11)14/h2-7H,1H3. The van der Waals surface area contributed by atoms with Crippen LogP contribution in [0.5, 0.6) is 0 Å². The van der Waals surface area contributed by atoms with Crippen LogP contribution < -0.4 is 0 Å². The first-order valence-electron chi connectivity index (χ1n) is 4.67. The smallest absolute Gasteiger partial charge is 0.134 e. The molecule has 2 aromatic rings. The predicted molar refractivity (Wildman–Crippen MR) is 61.4 cm³/mol. The van der Waals surface area contributed by atoms with Crippen LogP contribution >= 0.6 is 11.8 Å².